The van der Waals surface area contributed by atoms with Gasteiger partial charge in [-0.15, -0.1) is 0 Å². The Hall–Kier alpha value is -1.84. The number of nitrogens with two attached hydrogens (primary N) is 1. The summed E-state index contributed by atoms with van der Waals surface area (Å²) in [5.41, 5.74) is 11.5. The monoisotopic (exact) mass is 501 g/mol. The van der Waals surface area contributed by atoms with Crippen LogP contribution in [0.1, 0.15) is 115 Å². The number of pyridine rings is 1. The van der Waals surface area contributed by atoms with Crippen molar-refractivity contribution in [3.63, 3.8) is 0 Å². The van der Waals surface area contributed by atoms with Gasteiger partial charge in [0.2, 0.25) is 0 Å². The molecule has 3 rings (SSSR count). The number of nitrogens with zero attached hydrogens (tertiary/aromatic N) is 2. The van der Waals surface area contributed by atoms with Gasteiger partial charge < -0.3 is 5.73 Å². The van der Waals surface area contributed by atoms with E-state index in [2.05, 4.69) is 50.7 Å². The van der Waals surface area contributed by atoms with Crippen molar-refractivity contribution < 1.29 is 0 Å². The Bertz CT molecular complexity index is 847. The van der Waals surface area contributed by atoms with Gasteiger partial charge in [0.1, 0.15) is 0 Å². The van der Waals surface area contributed by atoms with Crippen LogP contribution < -0.4 is 5.73 Å². The fourth-order valence-corrected chi connectivity index (χ4v) is 4.21. The summed E-state index contributed by atoms with van der Waals surface area (Å²) in [4.78, 5) is 6.49. The first-order valence-electron chi connectivity index (χ1n) is 13.8. The zero-order valence-electron chi connectivity index (χ0n) is 24.0. The van der Waals surface area contributed by atoms with E-state index in [1.807, 2.05) is 64.4 Å². The van der Waals surface area contributed by atoms with Crippen LogP contribution in [0.25, 0.3) is 5.70 Å². The minimum Gasteiger partial charge on any atom is -0.398 e. The van der Waals surface area contributed by atoms with Crippen LogP contribution in [0, 0.1) is 12.8 Å². The molecule has 1 aromatic carbocycles. The molecule has 1 aliphatic heterocycles. The smallest absolute Gasteiger partial charge is 0.0612 e. The highest BCUT2D eigenvalue weighted by atomic mass is 35.5. The van der Waals surface area contributed by atoms with Crippen molar-refractivity contribution in [1.29, 1.82) is 0 Å². The van der Waals surface area contributed by atoms with Crippen LogP contribution in [0.5, 0.6) is 0 Å². The standard InChI is InChI=1S/C17H18ClN3.C10H22.2C2H6/c1-11-12(4-3-5-15(11)18)17-13-6-8-20-10-14(13)16(19)7-9-21(17)2;1-4-6-7-8-9-10(3)5-2;2*1-2/h3-8,10,17H,9,19H2,1-2H3;10H,4-9H2,1-3H3;2*1-2H3. The van der Waals surface area contributed by atoms with Gasteiger partial charge in [0.15, 0.2) is 0 Å². The number of likely N-dealkylation sites (N-methyl/N-ethyl adjacent to an activating group) is 1. The number of benzene rings is 1. The first kappa shape index (κ1) is 33.2. The maximum atomic E-state index is 6.31. The van der Waals surface area contributed by atoms with Crippen molar-refractivity contribution in [2.45, 2.75) is 100.0 Å². The van der Waals surface area contributed by atoms with Crippen molar-refractivity contribution in [2.75, 3.05) is 13.6 Å². The van der Waals surface area contributed by atoms with Gasteiger partial charge in [-0.2, -0.15) is 0 Å². The molecule has 0 bridgehead atoms. The summed E-state index contributed by atoms with van der Waals surface area (Å²) < 4.78 is 0. The fourth-order valence-electron chi connectivity index (χ4n) is 4.03. The van der Waals surface area contributed by atoms with Gasteiger partial charge in [-0.3, -0.25) is 9.88 Å². The Labute approximate surface area is 222 Å². The van der Waals surface area contributed by atoms with Crippen LogP contribution in [0.2, 0.25) is 5.02 Å². The molecule has 0 saturated heterocycles. The summed E-state index contributed by atoms with van der Waals surface area (Å²) in [7, 11) is 2.10. The molecule has 35 heavy (non-hydrogen) atoms. The van der Waals surface area contributed by atoms with Crippen molar-refractivity contribution in [3.05, 3.63) is 70.0 Å². The van der Waals surface area contributed by atoms with Gasteiger partial charge in [0, 0.05) is 35.2 Å². The Morgan fingerprint density at radius 2 is 1.74 bits per heavy atom. The summed E-state index contributed by atoms with van der Waals surface area (Å²) in [5, 5.41) is 0.793. The number of halogens is 1. The first-order chi connectivity index (χ1) is 16.9. The van der Waals surface area contributed by atoms with E-state index in [0.717, 1.165) is 34.3 Å². The molecule has 0 saturated carbocycles. The molecule has 2 aromatic rings. The van der Waals surface area contributed by atoms with E-state index in [1.165, 1.54) is 49.7 Å². The van der Waals surface area contributed by atoms with Crippen LogP contribution in [-0.4, -0.2) is 23.5 Å². The third-order valence-corrected chi connectivity index (χ3v) is 6.76. The molecule has 1 aromatic heterocycles. The summed E-state index contributed by atoms with van der Waals surface area (Å²) in [6, 6.07) is 8.23. The largest absolute Gasteiger partial charge is 0.398 e. The van der Waals surface area contributed by atoms with Crippen LogP contribution in [0.15, 0.2) is 42.7 Å². The summed E-state index contributed by atoms with van der Waals surface area (Å²) >= 11 is 6.31. The highest BCUT2D eigenvalue weighted by molar-refractivity contribution is 6.31. The Morgan fingerprint density at radius 1 is 1.06 bits per heavy atom. The van der Waals surface area contributed by atoms with E-state index in [9.17, 15) is 0 Å². The predicted octanol–water partition coefficient (Wildman–Crippen LogP) is 9.43. The maximum absolute atomic E-state index is 6.31. The van der Waals surface area contributed by atoms with Crippen LogP contribution >= 0.6 is 11.6 Å². The third-order valence-electron chi connectivity index (χ3n) is 6.35. The number of fused-ring (bicyclic) bond motifs is 1. The lowest BCUT2D eigenvalue weighted by Gasteiger charge is -2.29. The Balaban J connectivity index is 0.000000702. The summed E-state index contributed by atoms with van der Waals surface area (Å²) in [6.07, 6.45) is 14.2. The molecule has 2 atom stereocenters. The van der Waals surface area contributed by atoms with Crippen LogP contribution in [-0.2, 0) is 0 Å². The molecule has 4 heteroatoms. The van der Waals surface area contributed by atoms with Gasteiger partial charge in [-0.05, 0) is 54.8 Å². The second-order valence-corrected chi connectivity index (χ2v) is 9.19. The lowest BCUT2D eigenvalue weighted by molar-refractivity contribution is 0.310. The van der Waals surface area contributed by atoms with Gasteiger partial charge in [-0.25, -0.2) is 0 Å². The van der Waals surface area contributed by atoms with Crippen molar-refractivity contribution >= 4 is 17.3 Å². The lowest BCUT2D eigenvalue weighted by Crippen LogP contribution is -2.26. The average molecular weight is 502 g/mol. The van der Waals surface area contributed by atoms with E-state index in [1.54, 1.807) is 0 Å². The molecule has 198 valence electrons. The second kappa shape index (κ2) is 19.4. The van der Waals surface area contributed by atoms with E-state index in [0.29, 0.717) is 0 Å². The first-order valence-corrected chi connectivity index (χ1v) is 14.1. The molecule has 0 radical (unpaired) electrons. The van der Waals surface area contributed by atoms with Crippen molar-refractivity contribution in [1.82, 2.24) is 9.88 Å². The molecule has 2 N–H and O–H groups in total. The highest BCUT2D eigenvalue weighted by Gasteiger charge is 2.26. The fraction of sp³-hybridized carbons (Fsp3) is 0.581. The summed E-state index contributed by atoms with van der Waals surface area (Å²) in [6.45, 7) is 17.8. The molecule has 2 unspecified atom stereocenters. The van der Waals surface area contributed by atoms with E-state index >= 15 is 0 Å². The zero-order chi connectivity index (χ0) is 26.8. The third kappa shape index (κ3) is 10.8. The highest BCUT2D eigenvalue weighted by Crippen LogP contribution is 2.36. The van der Waals surface area contributed by atoms with E-state index < -0.39 is 0 Å². The molecule has 0 fully saturated rings. The number of unbranched alkanes of at least 4 members (excludes halogenated alkanes) is 3. The molecular weight excluding hydrogens is 450 g/mol. The van der Waals surface area contributed by atoms with E-state index in [4.69, 9.17) is 17.3 Å². The molecule has 0 amide bonds. The molecule has 0 spiro atoms. The predicted molar refractivity (Wildman–Crippen MR) is 158 cm³/mol. The van der Waals surface area contributed by atoms with Gasteiger partial charge in [0.25, 0.3) is 0 Å². The SMILES string of the molecule is CC.CC.CCCCCCC(C)CC.Cc1c(Cl)cccc1C1c2ccncc2C(N)=CCN1C. The Kier molecular flexibility index (Phi) is 18.3. The minimum atomic E-state index is 0.124. The molecule has 0 aliphatic carbocycles. The normalized spacial score (nSPS) is 15.5. The lowest BCUT2D eigenvalue weighted by atomic mass is 9.92. The number of rotatable bonds is 7. The molecule has 2 heterocycles. The topological polar surface area (TPSA) is 42.1 Å². The van der Waals surface area contributed by atoms with Crippen molar-refractivity contribution in [3.8, 4) is 0 Å². The van der Waals surface area contributed by atoms with Gasteiger partial charge in [0.05, 0.1) is 6.04 Å². The molecule has 1 aliphatic rings. The van der Waals surface area contributed by atoms with Crippen LogP contribution in [0.3, 0.4) is 0 Å². The second-order valence-electron chi connectivity index (χ2n) is 8.78. The number of hydrogen-bond donors (Lipinski definition) is 1. The number of hydrogen-bond acceptors (Lipinski definition) is 3. The summed E-state index contributed by atoms with van der Waals surface area (Å²) in [5.74, 6) is 0.955. The average Bonchev–Trinajstić information content (AvgIpc) is 3.02. The molecule has 3 nitrogen and oxygen atoms in total. The maximum Gasteiger partial charge on any atom is 0.0612 e. The van der Waals surface area contributed by atoms with Crippen LogP contribution in [0.4, 0.5) is 0 Å². The molecular formula is C31H52ClN3. The number of aromatic nitrogens is 1. The Morgan fingerprint density at radius 3 is 2.37 bits per heavy atom. The van der Waals surface area contributed by atoms with E-state index in [-0.39, 0.29) is 6.04 Å². The van der Waals surface area contributed by atoms with Crippen molar-refractivity contribution in [2.24, 2.45) is 11.7 Å². The zero-order valence-corrected chi connectivity index (χ0v) is 24.8. The quantitative estimate of drug-likeness (QED) is 0.384. The van der Waals surface area contributed by atoms with Gasteiger partial charge >= 0.3 is 0 Å². The van der Waals surface area contributed by atoms with Gasteiger partial charge in [-0.1, -0.05) is 111 Å². The minimum absolute atomic E-state index is 0.124.